The minimum absolute atomic E-state index is 0. The highest BCUT2D eigenvalue weighted by Crippen LogP contribution is 2.13. The summed E-state index contributed by atoms with van der Waals surface area (Å²) in [6, 6.07) is 8.35. The predicted molar refractivity (Wildman–Crippen MR) is 75.9 cm³/mol. The maximum Gasteiger partial charge on any atom is 0.227 e. The minimum atomic E-state index is 0. The van der Waals surface area contributed by atoms with E-state index < -0.39 is 0 Å². The van der Waals surface area contributed by atoms with Gasteiger partial charge in [0.25, 0.3) is 0 Å². The molecular formula is C14H21ClN2O. The van der Waals surface area contributed by atoms with Crippen LogP contribution < -0.4 is 5.32 Å². The van der Waals surface area contributed by atoms with Crippen LogP contribution in [0, 0.1) is 12.8 Å². The molecule has 1 unspecified atom stereocenters. The monoisotopic (exact) mass is 268 g/mol. The van der Waals surface area contributed by atoms with E-state index in [9.17, 15) is 4.79 Å². The van der Waals surface area contributed by atoms with Crippen molar-refractivity contribution in [3.63, 3.8) is 0 Å². The van der Waals surface area contributed by atoms with E-state index in [0.717, 1.165) is 19.5 Å². The van der Waals surface area contributed by atoms with Crippen LogP contribution >= 0.6 is 12.4 Å². The molecule has 0 bridgehead atoms. The number of nitrogens with zero attached hydrogens (tertiary/aromatic N) is 1. The average Bonchev–Trinajstić information content (AvgIpc) is 2.84. The van der Waals surface area contributed by atoms with Crippen molar-refractivity contribution in [2.24, 2.45) is 5.92 Å². The lowest BCUT2D eigenvalue weighted by Crippen LogP contribution is -2.33. The third-order valence-electron chi connectivity index (χ3n) is 3.33. The van der Waals surface area contributed by atoms with Gasteiger partial charge in [-0.2, -0.15) is 0 Å². The molecule has 18 heavy (non-hydrogen) atoms. The first-order valence-electron chi connectivity index (χ1n) is 6.18. The fourth-order valence-electron chi connectivity index (χ4n) is 2.22. The number of aryl methyl sites for hydroxylation is 1. The van der Waals surface area contributed by atoms with Crippen LogP contribution in [0.1, 0.15) is 17.5 Å². The number of amides is 1. The molecule has 3 nitrogen and oxygen atoms in total. The fourth-order valence-corrected chi connectivity index (χ4v) is 2.22. The number of hydrogen-bond acceptors (Lipinski definition) is 2. The fraction of sp³-hybridized carbons (Fsp3) is 0.500. The number of hydrogen-bond donors (Lipinski definition) is 1. The number of carbonyl (C=O) groups is 1. The van der Waals surface area contributed by atoms with E-state index in [1.54, 1.807) is 0 Å². The summed E-state index contributed by atoms with van der Waals surface area (Å²) < 4.78 is 0. The molecule has 1 saturated heterocycles. The molecule has 1 aliphatic rings. The van der Waals surface area contributed by atoms with Gasteiger partial charge in [-0.15, -0.1) is 12.4 Å². The van der Waals surface area contributed by atoms with Crippen LogP contribution in [0.25, 0.3) is 0 Å². The van der Waals surface area contributed by atoms with Crippen molar-refractivity contribution in [1.29, 1.82) is 0 Å². The molecule has 0 saturated carbocycles. The summed E-state index contributed by atoms with van der Waals surface area (Å²) in [4.78, 5) is 13.9. The average molecular weight is 269 g/mol. The van der Waals surface area contributed by atoms with Gasteiger partial charge < -0.3 is 10.2 Å². The van der Waals surface area contributed by atoms with E-state index in [-0.39, 0.29) is 24.2 Å². The van der Waals surface area contributed by atoms with Gasteiger partial charge in [0.2, 0.25) is 5.91 Å². The molecule has 1 fully saturated rings. The van der Waals surface area contributed by atoms with E-state index in [1.165, 1.54) is 11.1 Å². The van der Waals surface area contributed by atoms with Crippen molar-refractivity contribution in [3.05, 3.63) is 35.4 Å². The Labute approximate surface area is 115 Å². The van der Waals surface area contributed by atoms with Crippen LogP contribution in [0.5, 0.6) is 0 Å². The molecule has 2 rings (SSSR count). The van der Waals surface area contributed by atoms with Crippen LogP contribution in [0.2, 0.25) is 0 Å². The summed E-state index contributed by atoms with van der Waals surface area (Å²) in [5.74, 6) is 0.432. The van der Waals surface area contributed by atoms with E-state index in [0.29, 0.717) is 6.54 Å². The summed E-state index contributed by atoms with van der Waals surface area (Å²) in [6.07, 6.45) is 0.969. The second-order valence-electron chi connectivity index (χ2n) is 4.87. The molecule has 100 valence electrons. The zero-order valence-corrected chi connectivity index (χ0v) is 11.8. The highest BCUT2D eigenvalue weighted by atomic mass is 35.5. The lowest BCUT2D eigenvalue weighted by atomic mass is 10.1. The zero-order valence-electron chi connectivity index (χ0n) is 11.0. The Morgan fingerprint density at radius 3 is 2.61 bits per heavy atom. The largest absolute Gasteiger partial charge is 0.341 e. The van der Waals surface area contributed by atoms with Gasteiger partial charge in [-0.25, -0.2) is 0 Å². The van der Waals surface area contributed by atoms with Crippen molar-refractivity contribution in [2.75, 3.05) is 20.1 Å². The minimum Gasteiger partial charge on any atom is -0.341 e. The standard InChI is InChI=1S/C14H20N2O.ClH/c1-11-3-5-12(6-4-11)10-16(2)14(17)13-7-8-15-9-13;/h3-6,13,15H,7-10H2,1-2H3;1H. The number of benzene rings is 1. The summed E-state index contributed by atoms with van der Waals surface area (Å²) in [5, 5.41) is 3.23. The Morgan fingerprint density at radius 2 is 2.06 bits per heavy atom. The zero-order chi connectivity index (χ0) is 12.3. The molecular weight excluding hydrogens is 248 g/mol. The van der Waals surface area contributed by atoms with E-state index in [1.807, 2.05) is 11.9 Å². The number of carbonyl (C=O) groups excluding carboxylic acids is 1. The molecule has 1 atom stereocenters. The SMILES string of the molecule is Cc1ccc(CN(C)C(=O)C2CCNC2)cc1.Cl. The molecule has 4 heteroatoms. The van der Waals surface area contributed by atoms with E-state index in [4.69, 9.17) is 0 Å². The highest BCUT2D eigenvalue weighted by molar-refractivity contribution is 5.85. The molecule has 0 radical (unpaired) electrons. The quantitative estimate of drug-likeness (QED) is 0.909. The second-order valence-corrected chi connectivity index (χ2v) is 4.87. The van der Waals surface area contributed by atoms with E-state index >= 15 is 0 Å². The van der Waals surface area contributed by atoms with Crippen molar-refractivity contribution < 1.29 is 4.79 Å². The van der Waals surface area contributed by atoms with Gasteiger partial charge in [-0.1, -0.05) is 29.8 Å². The lowest BCUT2D eigenvalue weighted by molar-refractivity contribution is -0.134. The summed E-state index contributed by atoms with van der Waals surface area (Å²) >= 11 is 0. The third kappa shape index (κ3) is 3.72. The van der Waals surface area contributed by atoms with Gasteiger partial charge in [0.1, 0.15) is 0 Å². The molecule has 1 aromatic carbocycles. The first kappa shape index (κ1) is 15.0. The molecule has 1 amide bonds. The topological polar surface area (TPSA) is 32.3 Å². The molecule has 1 aromatic rings. The normalized spacial score (nSPS) is 18.2. The first-order chi connectivity index (χ1) is 8.16. The molecule has 0 aromatic heterocycles. The molecule has 1 aliphatic heterocycles. The van der Waals surface area contributed by atoms with Crippen LogP contribution in [0.4, 0.5) is 0 Å². The summed E-state index contributed by atoms with van der Waals surface area (Å²) in [6.45, 7) is 4.57. The van der Waals surface area contributed by atoms with Gasteiger partial charge in [0.05, 0.1) is 5.92 Å². The Bertz CT molecular complexity index is 385. The van der Waals surface area contributed by atoms with Crippen molar-refractivity contribution in [3.8, 4) is 0 Å². The predicted octanol–water partition coefficient (Wildman–Crippen LogP) is 1.98. The van der Waals surface area contributed by atoms with Crippen molar-refractivity contribution >= 4 is 18.3 Å². The first-order valence-corrected chi connectivity index (χ1v) is 6.18. The van der Waals surface area contributed by atoms with Gasteiger partial charge in [0.15, 0.2) is 0 Å². The molecule has 1 N–H and O–H groups in total. The van der Waals surface area contributed by atoms with Crippen LogP contribution in [-0.2, 0) is 11.3 Å². The molecule has 0 aliphatic carbocycles. The lowest BCUT2D eigenvalue weighted by Gasteiger charge is -2.20. The maximum absolute atomic E-state index is 12.1. The van der Waals surface area contributed by atoms with E-state index in [2.05, 4.69) is 36.5 Å². The number of nitrogens with one attached hydrogen (secondary N) is 1. The Balaban J connectivity index is 0.00000162. The molecule has 1 heterocycles. The van der Waals surface area contributed by atoms with Crippen LogP contribution in [-0.4, -0.2) is 30.9 Å². The van der Waals surface area contributed by atoms with Gasteiger partial charge in [0, 0.05) is 20.1 Å². The summed E-state index contributed by atoms with van der Waals surface area (Å²) in [5.41, 5.74) is 2.44. The van der Waals surface area contributed by atoms with Gasteiger partial charge >= 0.3 is 0 Å². The maximum atomic E-state index is 12.1. The number of halogens is 1. The summed E-state index contributed by atoms with van der Waals surface area (Å²) in [7, 11) is 1.89. The number of rotatable bonds is 3. The molecule has 0 spiro atoms. The Hall–Kier alpha value is -1.06. The van der Waals surface area contributed by atoms with Crippen LogP contribution in [0.3, 0.4) is 0 Å². The van der Waals surface area contributed by atoms with Crippen molar-refractivity contribution in [2.45, 2.75) is 19.9 Å². The van der Waals surface area contributed by atoms with Gasteiger partial charge in [-0.05, 0) is 25.5 Å². The van der Waals surface area contributed by atoms with Crippen LogP contribution in [0.15, 0.2) is 24.3 Å². The van der Waals surface area contributed by atoms with Crippen molar-refractivity contribution in [1.82, 2.24) is 10.2 Å². The second kappa shape index (κ2) is 6.76. The Morgan fingerprint density at radius 1 is 1.39 bits per heavy atom. The third-order valence-corrected chi connectivity index (χ3v) is 3.33. The highest BCUT2D eigenvalue weighted by Gasteiger charge is 2.25. The smallest absolute Gasteiger partial charge is 0.227 e. The Kier molecular flexibility index (Phi) is 5.63. The van der Waals surface area contributed by atoms with Gasteiger partial charge in [-0.3, -0.25) is 4.79 Å².